The van der Waals surface area contributed by atoms with Crippen molar-refractivity contribution in [2.24, 2.45) is 0 Å². The summed E-state index contributed by atoms with van der Waals surface area (Å²) < 4.78 is 13.7. The van der Waals surface area contributed by atoms with Crippen LogP contribution >= 0.6 is 11.8 Å². The summed E-state index contributed by atoms with van der Waals surface area (Å²) in [4.78, 5) is 14.2. The molecule has 6 heteroatoms. The molecule has 0 saturated heterocycles. The van der Waals surface area contributed by atoms with Crippen molar-refractivity contribution in [3.05, 3.63) is 24.0 Å². The first-order valence-corrected chi connectivity index (χ1v) is 8.35. The molecule has 4 nitrogen and oxygen atoms in total. The zero-order valence-corrected chi connectivity index (χ0v) is 13.4. The number of aliphatic hydroxyl groups excluding tert-OH is 1. The Kier molecular flexibility index (Phi) is 8.15. The summed E-state index contributed by atoms with van der Waals surface area (Å²) in [5.74, 6) is -0.347. The summed E-state index contributed by atoms with van der Waals surface area (Å²) in [5.41, 5.74) is 0.425. The van der Waals surface area contributed by atoms with Gasteiger partial charge in [0, 0.05) is 23.7 Å². The Morgan fingerprint density at radius 1 is 1.38 bits per heavy atom. The van der Waals surface area contributed by atoms with Gasteiger partial charge in [0.2, 0.25) is 0 Å². The monoisotopic (exact) mass is 314 g/mol. The molecule has 0 bridgehead atoms. The highest BCUT2D eigenvalue weighted by Gasteiger charge is 2.13. The number of carbonyl (C=O) groups is 1. The topological polar surface area (TPSA) is 52.6 Å². The summed E-state index contributed by atoms with van der Waals surface area (Å²) in [6, 6.07) is 4.32. The number of amides is 2. The molecule has 0 aliphatic rings. The summed E-state index contributed by atoms with van der Waals surface area (Å²) in [6.07, 6.45) is 4.79. The second-order valence-electron chi connectivity index (χ2n) is 4.70. The zero-order valence-electron chi connectivity index (χ0n) is 12.6. The maximum atomic E-state index is 13.7. The quantitative estimate of drug-likeness (QED) is 0.570. The lowest BCUT2D eigenvalue weighted by Crippen LogP contribution is -2.37. The molecular weight excluding hydrogens is 291 g/mol. The van der Waals surface area contributed by atoms with E-state index < -0.39 is 0 Å². The van der Waals surface area contributed by atoms with Crippen LogP contribution in [-0.4, -0.2) is 42.0 Å². The molecule has 0 radical (unpaired) electrons. The van der Waals surface area contributed by atoms with Crippen LogP contribution < -0.4 is 5.32 Å². The maximum absolute atomic E-state index is 13.7. The fraction of sp³-hybridized carbons (Fsp3) is 0.533. The van der Waals surface area contributed by atoms with Gasteiger partial charge in [-0.25, -0.2) is 9.18 Å². The van der Waals surface area contributed by atoms with Gasteiger partial charge in [0.15, 0.2) is 0 Å². The summed E-state index contributed by atoms with van der Waals surface area (Å²) in [7, 11) is 0. The van der Waals surface area contributed by atoms with Gasteiger partial charge in [-0.3, -0.25) is 0 Å². The fourth-order valence-electron chi connectivity index (χ4n) is 1.93. The van der Waals surface area contributed by atoms with Crippen LogP contribution in [0, 0.1) is 5.82 Å². The minimum absolute atomic E-state index is 0.0840. The van der Waals surface area contributed by atoms with E-state index in [1.54, 1.807) is 23.3 Å². The minimum atomic E-state index is -0.347. The molecular formula is C15H23FN2O2S. The number of hydrogen-bond donors (Lipinski definition) is 2. The van der Waals surface area contributed by atoms with Crippen molar-refractivity contribution >= 4 is 23.5 Å². The predicted molar refractivity (Wildman–Crippen MR) is 85.4 cm³/mol. The second-order valence-corrected chi connectivity index (χ2v) is 5.55. The van der Waals surface area contributed by atoms with Crippen molar-refractivity contribution in [1.29, 1.82) is 0 Å². The van der Waals surface area contributed by atoms with Crippen LogP contribution in [0.5, 0.6) is 0 Å². The average molecular weight is 314 g/mol. The van der Waals surface area contributed by atoms with E-state index in [-0.39, 0.29) is 25.0 Å². The van der Waals surface area contributed by atoms with Crippen molar-refractivity contribution in [3.8, 4) is 0 Å². The molecule has 0 saturated carbocycles. The van der Waals surface area contributed by atoms with Crippen LogP contribution in [0.4, 0.5) is 14.9 Å². The van der Waals surface area contributed by atoms with Crippen molar-refractivity contribution < 1.29 is 14.3 Å². The molecule has 0 spiro atoms. The van der Waals surface area contributed by atoms with Gasteiger partial charge in [0.1, 0.15) is 5.82 Å². The number of nitrogens with zero attached hydrogens (tertiary/aromatic N) is 1. The van der Waals surface area contributed by atoms with E-state index in [0.717, 1.165) is 19.3 Å². The number of thioether (sulfide) groups is 1. The Labute approximate surface area is 129 Å². The van der Waals surface area contributed by atoms with Gasteiger partial charge in [0.25, 0.3) is 0 Å². The number of halogens is 1. The lowest BCUT2D eigenvalue weighted by Gasteiger charge is -2.22. The van der Waals surface area contributed by atoms with E-state index in [0.29, 0.717) is 17.1 Å². The number of aliphatic hydroxyl groups is 1. The Balaban J connectivity index is 2.65. The first-order valence-electron chi connectivity index (χ1n) is 7.12. The summed E-state index contributed by atoms with van der Waals surface area (Å²) >= 11 is 1.32. The first kappa shape index (κ1) is 17.8. The Hall–Kier alpha value is -1.27. The second kappa shape index (κ2) is 9.63. The molecule has 0 unspecified atom stereocenters. The molecule has 1 aromatic rings. The third kappa shape index (κ3) is 5.93. The van der Waals surface area contributed by atoms with E-state index in [2.05, 4.69) is 12.2 Å². The third-order valence-corrected chi connectivity index (χ3v) is 3.86. The van der Waals surface area contributed by atoms with E-state index in [4.69, 9.17) is 5.11 Å². The van der Waals surface area contributed by atoms with Gasteiger partial charge in [-0.1, -0.05) is 19.8 Å². The molecule has 1 aromatic carbocycles. The summed E-state index contributed by atoms with van der Waals surface area (Å²) in [6.45, 7) is 2.87. The fourth-order valence-corrected chi connectivity index (χ4v) is 2.39. The molecule has 0 aliphatic heterocycles. The molecule has 0 aliphatic carbocycles. The molecule has 0 atom stereocenters. The molecule has 0 aromatic heterocycles. The molecule has 1 rings (SSSR count). The lowest BCUT2D eigenvalue weighted by atomic mass is 10.2. The van der Waals surface area contributed by atoms with Crippen LogP contribution in [0.25, 0.3) is 0 Å². The molecule has 0 heterocycles. The number of unbranched alkanes of at least 4 members (excludes halogenated alkanes) is 2. The van der Waals surface area contributed by atoms with E-state index in [1.807, 2.05) is 0 Å². The molecule has 2 amide bonds. The van der Waals surface area contributed by atoms with Gasteiger partial charge in [-0.05, 0) is 30.9 Å². The van der Waals surface area contributed by atoms with Crippen LogP contribution in [0.2, 0.25) is 0 Å². The zero-order chi connectivity index (χ0) is 15.7. The van der Waals surface area contributed by atoms with Crippen molar-refractivity contribution in [2.75, 3.05) is 31.3 Å². The number of benzene rings is 1. The first-order chi connectivity index (χ1) is 10.1. The smallest absolute Gasteiger partial charge is 0.321 e. The van der Waals surface area contributed by atoms with Gasteiger partial charge in [-0.15, -0.1) is 11.8 Å². The SMILES string of the molecule is CCCCCN(CCO)C(=O)Nc1ccc(SC)c(F)c1. The van der Waals surface area contributed by atoms with Crippen LogP contribution in [0.3, 0.4) is 0 Å². The van der Waals surface area contributed by atoms with Gasteiger partial charge < -0.3 is 15.3 Å². The highest BCUT2D eigenvalue weighted by molar-refractivity contribution is 7.98. The molecule has 0 fully saturated rings. The van der Waals surface area contributed by atoms with E-state index in [1.165, 1.54) is 17.8 Å². The number of carbonyl (C=O) groups excluding carboxylic acids is 1. The summed E-state index contributed by atoms with van der Waals surface area (Å²) in [5, 5.41) is 11.7. The van der Waals surface area contributed by atoms with Crippen LogP contribution in [0.1, 0.15) is 26.2 Å². The Morgan fingerprint density at radius 3 is 2.71 bits per heavy atom. The molecule has 21 heavy (non-hydrogen) atoms. The number of nitrogens with one attached hydrogen (secondary N) is 1. The highest BCUT2D eigenvalue weighted by Crippen LogP contribution is 2.22. The standard InChI is InChI=1S/C15H23FN2O2S/c1-3-4-5-8-18(9-10-19)15(20)17-12-6-7-14(21-2)13(16)11-12/h6-7,11,19H,3-5,8-10H2,1-2H3,(H,17,20). The van der Waals surface area contributed by atoms with Gasteiger partial charge in [-0.2, -0.15) is 0 Å². The molecule has 118 valence electrons. The Bertz CT molecular complexity index is 457. The van der Waals surface area contributed by atoms with E-state index in [9.17, 15) is 9.18 Å². The highest BCUT2D eigenvalue weighted by atomic mass is 32.2. The van der Waals surface area contributed by atoms with Crippen molar-refractivity contribution in [1.82, 2.24) is 4.90 Å². The number of hydrogen-bond acceptors (Lipinski definition) is 3. The minimum Gasteiger partial charge on any atom is -0.395 e. The number of urea groups is 1. The normalized spacial score (nSPS) is 10.5. The van der Waals surface area contributed by atoms with Crippen molar-refractivity contribution in [2.45, 2.75) is 31.1 Å². The lowest BCUT2D eigenvalue weighted by molar-refractivity contribution is 0.187. The van der Waals surface area contributed by atoms with Gasteiger partial charge >= 0.3 is 6.03 Å². The van der Waals surface area contributed by atoms with Crippen LogP contribution in [-0.2, 0) is 0 Å². The van der Waals surface area contributed by atoms with Crippen LogP contribution in [0.15, 0.2) is 23.1 Å². The molecule has 2 N–H and O–H groups in total. The predicted octanol–water partition coefficient (Wildman–Crippen LogP) is 3.56. The Morgan fingerprint density at radius 2 is 2.14 bits per heavy atom. The number of rotatable bonds is 8. The average Bonchev–Trinajstić information content (AvgIpc) is 2.46. The van der Waals surface area contributed by atoms with E-state index >= 15 is 0 Å². The number of anilines is 1. The van der Waals surface area contributed by atoms with Crippen molar-refractivity contribution in [3.63, 3.8) is 0 Å². The third-order valence-electron chi connectivity index (χ3n) is 3.09. The largest absolute Gasteiger partial charge is 0.395 e. The maximum Gasteiger partial charge on any atom is 0.321 e. The van der Waals surface area contributed by atoms with Gasteiger partial charge in [0.05, 0.1) is 6.61 Å².